The van der Waals surface area contributed by atoms with Gasteiger partial charge in [-0.25, -0.2) is 17.6 Å². The molecule has 3 fully saturated rings. The molecule has 0 amide bonds. The maximum Gasteiger partial charge on any atom is 0.400 e. The average molecular weight is 561 g/mol. The summed E-state index contributed by atoms with van der Waals surface area (Å²) in [5.74, 6) is -7.53. The van der Waals surface area contributed by atoms with Crippen molar-refractivity contribution in [3.05, 3.63) is 64.7 Å². The van der Waals surface area contributed by atoms with Gasteiger partial charge in [0.2, 0.25) is 0 Å². The van der Waals surface area contributed by atoms with Crippen LogP contribution in [0.15, 0.2) is 30.3 Å². The summed E-state index contributed by atoms with van der Waals surface area (Å²) < 4.78 is 112. The van der Waals surface area contributed by atoms with Crippen LogP contribution in [0, 0.1) is 41.0 Å². The van der Waals surface area contributed by atoms with Crippen molar-refractivity contribution in [1.82, 2.24) is 0 Å². The van der Waals surface area contributed by atoms with Gasteiger partial charge in [0.1, 0.15) is 11.6 Å². The van der Waals surface area contributed by atoms with Crippen molar-refractivity contribution in [3.8, 4) is 5.75 Å². The van der Waals surface area contributed by atoms with Gasteiger partial charge in [0.05, 0.1) is 32.3 Å². The summed E-state index contributed by atoms with van der Waals surface area (Å²) >= 11 is 0. The van der Waals surface area contributed by atoms with Crippen LogP contribution in [-0.2, 0) is 18.9 Å². The van der Waals surface area contributed by atoms with E-state index in [9.17, 15) is 26.3 Å². The monoisotopic (exact) mass is 560 g/mol. The molecule has 3 aliphatic rings. The Morgan fingerprint density at radius 3 is 1.97 bits per heavy atom. The molecule has 2 aliphatic heterocycles. The van der Waals surface area contributed by atoms with E-state index in [1.165, 1.54) is 6.07 Å². The van der Waals surface area contributed by atoms with Crippen LogP contribution < -0.4 is 4.74 Å². The quantitative estimate of drug-likeness (QED) is 0.286. The summed E-state index contributed by atoms with van der Waals surface area (Å²) in [7, 11) is 0. The zero-order valence-corrected chi connectivity index (χ0v) is 21.3. The van der Waals surface area contributed by atoms with E-state index in [2.05, 4.69) is 4.74 Å². The van der Waals surface area contributed by atoms with Crippen molar-refractivity contribution in [2.24, 2.45) is 17.8 Å². The average Bonchev–Trinajstić information content (AvgIpc) is 2.92. The SMILES string of the molecule is CC1COC(c2ccc(C3COC(C4CCC(C(F)(F)Oc5cc(F)c(F)c(F)c5)CC4)OC3)c(F)c2)OC1. The van der Waals surface area contributed by atoms with Crippen LogP contribution in [0.2, 0.25) is 0 Å². The number of hydrogen-bond donors (Lipinski definition) is 0. The zero-order valence-electron chi connectivity index (χ0n) is 21.3. The van der Waals surface area contributed by atoms with Crippen LogP contribution in [-0.4, -0.2) is 38.8 Å². The number of rotatable bonds is 6. The predicted octanol–water partition coefficient (Wildman–Crippen LogP) is 6.86. The fraction of sp³-hybridized carbons (Fsp3) is 0.571. The van der Waals surface area contributed by atoms with E-state index >= 15 is 0 Å². The van der Waals surface area contributed by atoms with Crippen molar-refractivity contribution in [1.29, 1.82) is 0 Å². The zero-order chi connectivity index (χ0) is 27.7. The van der Waals surface area contributed by atoms with Gasteiger partial charge in [-0.15, -0.1) is 0 Å². The Kier molecular flexibility index (Phi) is 8.42. The molecule has 2 saturated heterocycles. The van der Waals surface area contributed by atoms with Crippen molar-refractivity contribution in [2.45, 2.75) is 57.2 Å². The maximum absolute atomic E-state index is 14.9. The highest BCUT2D eigenvalue weighted by molar-refractivity contribution is 5.29. The van der Waals surface area contributed by atoms with E-state index in [1.54, 1.807) is 12.1 Å². The highest BCUT2D eigenvalue weighted by Gasteiger charge is 2.46. The third kappa shape index (κ3) is 6.37. The molecular weight excluding hydrogens is 530 g/mol. The summed E-state index contributed by atoms with van der Waals surface area (Å²) in [5, 5.41) is 0. The first kappa shape index (κ1) is 28.2. The molecule has 11 heteroatoms. The van der Waals surface area contributed by atoms with Gasteiger partial charge in [0.15, 0.2) is 30.0 Å². The van der Waals surface area contributed by atoms with E-state index < -0.39 is 53.6 Å². The molecule has 214 valence electrons. The summed E-state index contributed by atoms with van der Waals surface area (Å²) in [6.07, 6.45) is -4.06. The van der Waals surface area contributed by atoms with Crippen LogP contribution in [0.4, 0.5) is 26.3 Å². The second kappa shape index (κ2) is 11.6. The minimum Gasteiger partial charge on any atom is -0.432 e. The molecule has 0 radical (unpaired) electrons. The maximum atomic E-state index is 14.9. The molecule has 0 spiro atoms. The normalized spacial score (nSPS) is 30.2. The summed E-state index contributed by atoms with van der Waals surface area (Å²) in [6, 6.07) is 5.64. The number of hydrogen-bond acceptors (Lipinski definition) is 5. The largest absolute Gasteiger partial charge is 0.432 e. The van der Waals surface area contributed by atoms with Crippen molar-refractivity contribution < 1.29 is 50.0 Å². The lowest BCUT2D eigenvalue weighted by atomic mass is 9.80. The first-order valence-corrected chi connectivity index (χ1v) is 13.1. The van der Waals surface area contributed by atoms with E-state index in [-0.39, 0.29) is 43.8 Å². The number of benzene rings is 2. The molecule has 0 unspecified atom stereocenters. The molecule has 2 aromatic rings. The van der Waals surface area contributed by atoms with Crippen LogP contribution >= 0.6 is 0 Å². The van der Waals surface area contributed by atoms with Gasteiger partial charge in [0.25, 0.3) is 0 Å². The molecule has 5 rings (SSSR count). The third-order valence-electron chi connectivity index (χ3n) is 7.57. The van der Waals surface area contributed by atoms with Gasteiger partial charge >= 0.3 is 6.11 Å². The fourth-order valence-corrected chi connectivity index (χ4v) is 5.34. The lowest BCUT2D eigenvalue weighted by Crippen LogP contribution is -2.41. The fourth-order valence-electron chi connectivity index (χ4n) is 5.34. The first-order chi connectivity index (χ1) is 18.6. The lowest BCUT2D eigenvalue weighted by Gasteiger charge is -2.39. The first-order valence-electron chi connectivity index (χ1n) is 13.1. The van der Waals surface area contributed by atoms with Crippen molar-refractivity contribution in [2.75, 3.05) is 26.4 Å². The summed E-state index contributed by atoms with van der Waals surface area (Å²) in [4.78, 5) is 0. The molecule has 1 saturated carbocycles. The van der Waals surface area contributed by atoms with Gasteiger partial charge < -0.3 is 23.7 Å². The topological polar surface area (TPSA) is 46.2 Å². The highest BCUT2D eigenvalue weighted by Crippen LogP contribution is 2.43. The smallest absolute Gasteiger partial charge is 0.400 e. The minimum atomic E-state index is -3.70. The Morgan fingerprint density at radius 2 is 1.38 bits per heavy atom. The van der Waals surface area contributed by atoms with E-state index in [0.29, 0.717) is 49.3 Å². The van der Waals surface area contributed by atoms with Gasteiger partial charge in [0, 0.05) is 35.4 Å². The van der Waals surface area contributed by atoms with Crippen LogP contribution in [0.5, 0.6) is 5.75 Å². The molecular formula is C28H30F6O5. The molecule has 0 aromatic heterocycles. The van der Waals surface area contributed by atoms with Crippen LogP contribution in [0.3, 0.4) is 0 Å². The van der Waals surface area contributed by atoms with Gasteiger partial charge in [-0.1, -0.05) is 19.1 Å². The van der Waals surface area contributed by atoms with Gasteiger partial charge in [-0.05, 0) is 37.3 Å². The molecule has 5 nitrogen and oxygen atoms in total. The van der Waals surface area contributed by atoms with E-state index in [4.69, 9.17) is 18.9 Å². The molecule has 39 heavy (non-hydrogen) atoms. The molecule has 0 atom stereocenters. The standard InChI is InChI=1S/C28H30F6O5/c1-15-11-35-27(36-12-15)17-4-7-21(22(29)8-17)18-13-37-26(38-14-18)16-2-5-19(6-3-16)28(33,34)39-20-9-23(30)25(32)24(31)10-20/h4,7-10,15-16,18-19,26-27H,2-3,5-6,11-14H2,1H3. The third-order valence-corrected chi connectivity index (χ3v) is 7.57. The molecule has 2 heterocycles. The van der Waals surface area contributed by atoms with Gasteiger partial charge in [-0.2, -0.15) is 8.78 Å². The number of ether oxygens (including phenoxy) is 5. The molecule has 0 N–H and O–H groups in total. The second-order valence-corrected chi connectivity index (χ2v) is 10.6. The summed E-state index contributed by atoms with van der Waals surface area (Å²) in [6.45, 7) is 3.53. The predicted molar refractivity (Wildman–Crippen MR) is 126 cm³/mol. The van der Waals surface area contributed by atoms with Gasteiger partial charge in [-0.3, -0.25) is 0 Å². The number of alkyl halides is 2. The Bertz CT molecular complexity index is 1120. The van der Waals surface area contributed by atoms with Crippen molar-refractivity contribution >= 4 is 0 Å². The molecule has 1 aliphatic carbocycles. The highest BCUT2D eigenvalue weighted by atomic mass is 19.3. The molecule has 0 bridgehead atoms. The Hall–Kier alpha value is -2.34. The minimum absolute atomic E-state index is 0.0661. The second-order valence-electron chi connectivity index (χ2n) is 10.6. The molecule has 2 aromatic carbocycles. The van der Waals surface area contributed by atoms with E-state index in [1.807, 2.05) is 6.92 Å². The Balaban J connectivity index is 1.11. The lowest BCUT2D eigenvalue weighted by molar-refractivity contribution is -0.242. The number of halogens is 6. The van der Waals surface area contributed by atoms with Crippen LogP contribution in [0.1, 0.15) is 55.9 Å². The van der Waals surface area contributed by atoms with Crippen LogP contribution in [0.25, 0.3) is 0 Å². The van der Waals surface area contributed by atoms with Crippen molar-refractivity contribution in [3.63, 3.8) is 0 Å². The Morgan fingerprint density at radius 1 is 0.769 bits per heavy atom. The van der Waals surface area contributed by atoms with E-state index in [0.717, 1.165) is 0 Å². The summed E-state index contributed by atoms with van der Waals surface area (Å²) in [5.41, 5.74) is 1.06. The Labute approximate surface area is 222 Å².